The smallest absolute Gasteiger partial charge is 0.407 e. The first-order chi connectivity index (χ1) is 10.4. The maximum Gasteiger partial charge on any atom is 0.407 e. The summed E-state index contributed by atoms with van der Waals surface area (Å²) in [6.07, 6.45) is -2.76. The number of nitrogens with one attached hydrogen (secondary N) is 1. The van der Waals surface area contributed by atoms with E-state index in [4.69, 9.17) is 4.74 Å². The molecule has 0 saturated heterocycles. The van der Waals surface area contributed by atoms with Crippen molar-refractivity contribution in [2.45, 2.75) is 58.2 Å². The topological polar surface area (TPSA) is 78.8 Å². The summed E-state index contributed by atoms with van der Waals surface area (Å²) in [5.41, 5.74) is 0.0580. The highest BCUT2D eigenvalue weighted by molar-refractivity contribution is 6.88. The number of hydrogen-bond acceptors (Lipinski definition) is 4. The van der Waals surface area contributed by atoms with Crippen LogP contribution in [0.2, 0.25) is 19.6 Å². The van der Waals surface area contributed by atoms with Crippen molar-refractivity contribution < 1.29 is 19.7 Å². The minimum atomic E-state index is -1.49. The predicted octanol–water partition coefficient (Wildman–Crippen LogP) is 2.15. The number of carbonyl (C=O) groups is 1. The molecule has 2 atom stereocenters. The Morgan fingerprint density at radius 3 is 2.39 bits per heavy atom. The van der Waals surface area contributed by atoms with Crippen LogP contribution in [-0.4, -0.2) is 42.6 Å². The molecule has 0 aromatic heterocycles. The monoisotopic (exact) mass is 339 g/mol. The Labute approximate surface area is 139 Å². The highest BCUT2D eigenvalue weighted by atomic mass is 28.3. The predicted molar refractivity (Wildman–Crippen MR) is 94.6 cm³/mol. The molecule has 0 saturated carbocycles. The van der Waals surface area contributed by atoms with Gasteiger partial charge in [-0.25, -0.2) is 4.79 Å². The van der Waals surface area contributed by atoms with Crippen molar-refractivity contribution in [2.75, 3.05) is 6.54 Å². The van der Waals surface area contributed by atoms with Gasteiger partial charge in [-0.2, -0.15) is 0 Å². The zero-order chi connectivity index (χ0) is 17.8. The van der Waals surface area contributed by atoms with E-state index in [0.717, 1.165) is 0 Å². The van der Waals surface area contributed by atoms with E-state index in [2.05, 4.69) is 25.0 Å². The average Bonchev–Trinajstić information content (AvgIpc) is 2.41. The van der Waals surface area contributed by atoms with Crippen molar-refractivity contribution in [2.24, 2.45) is 0 Å². The molecule has 5 nitrogen and oxygen atoms in total. The van der Waals surface area contributed by atoms with Crippen molar-refractivity contribution in [3.05, 3.63) is 29.8 Å². The van der Waals surface area contributed by atoms with Crippen LogP contribution >= 0.6 is 0 Å². The van der Waals surface area contributed by atoms with Crippen LogP contribution in [0.3, 0.4) is 0 Å². The molecule has 0 spiro atoms. The SMILES string of the molecule is CC(C)(C)OC(=O)NCC(O)C(O)c1cccc([Si](C)(C)C)c1. The van der Waals surface area contributed by atoms with E-state index >= 15 is 0 Å². The Kier molecular flexibility index (Phi) is 6.38. The van der Waals surface area contributed by atoms with Crippen LogP contribution in [-0.2, 0) is 4.74 Å². The molecule has 1 aromatic carbocycles. The third-order valence-electron chi connectivity index (χ3n) is 3.31. The maximum atomic E-state index is 11.6. The largest absolute Gasteiger partial charge is 0.444 e. The van der Waals surface area contributed by atoms with E-state index in [-0.39, 0.29) is 6.54 Å². The minimum absolute atomic E-state index is 0.0761. The lowest BCUT2D eigenvalue weighted by atomic mass is 10.0. The van der Waals surface area contributed by atoms with Gasteiger partial charge in [0.25, 0.3) is 0 Å². The van der Waals surface area contributed by atoms with E-state index in [1.54, 1.807) is 26.8 Å². The molecule has 0 fully saturated rings. The fraction of sp³-hybridized carbons (Fsp3) is 0.588. The number of aliphatic hydroxyl groups excluding tert-OH is 2. The highest BCUT2D eigenvalue weighted by Crippen LogP contribution is 2.17. The van der Waals surface area contributed by atoms with Crippen molar-refractivity contribution in [1.82, 2.24) is 5.32 Å². The Hall–Kier alpha value is -1.37. The van der Waals surface area contributed by atoms with Crippen LogP contribution in [0.5, 0.6) is 0 Å². The van der Waals surface area contributed by atoms with Crippen LogP contribution < -0.4 is 10.5 Å². The Balaban J connectivity index is 2.67. The molecule has 0 aliphatic rings. The maximum absolute atomic E-state index is 11.6. The molecular weight excluding hydrogens is 310 g/mol. The van der Waals surface area contributed by atoms with Gasteiger partial charge in [0.2, 0.25) is 0 Å². The molecule has 3 N–H and O–H groups in total. The van der Waals surface area contributed by atoms with Crippen molar-refractivity contribution in [1.29, 1.82) is 0 Å². The second kappa shape index (κ2) is 7.46. The zero-order valence-corrected chi connectivity index (χ0v) is 15.9. The van der Waals surface area contributed by atoms with Gasteiger partial charge in [-0.3, -0.25) is 0 Å². The fourth-order valence-electron chi connectivity index (χ4n) is 2.03. The molecule has 1 amide bonds. The molecule has 1 rings (SSSR count). The molecule has 1 aromatic rings. The second-order valence-electron chi connectivity index (χ2n) is 7.77. The first-order valence-corrected chi connectivity index (χ1v) is 11.3. The summed E-state index contributed by atoms with van der Waals surface area (Å²) in [6, 6.07) is 7.66. The average molecular weight is 340 g/mol. The molecule has 2 unspecified atom stereocenters. The summed E-state index contributed by atoms with van der Waals surface area (Å²) < 4.78 is 5.10. The summed E-state index contributed by atoms with van der Waals surface area (Å²) in [5, 5.41) is 24.1. The Bertz CT molecular complexity index is 534. The van der Waals surface area contributed by atoms with Gasteiger partial charge in [0.05, 0.1) is 8.07 Å². The lowest BCUT2D eigenvalue weighted by Crippen LogP contribution is -2.40. The standard InChI is InChI=1S/C17H29NO4Si/c1-17(2,3)22-16(21)18-11-14(19)15(20)12-8-7-9-13(10-12)23(4,5)6/h7-10,14-15,19-20H,11H2,1-6H3,(H,18,21). The number of aliphatic hydroxyl groups is 2. The number of hydrogen-bond donors (Lipinski definition) is 3. The summed E-state index contributed by atoms with van der Waals surface area (Å²) >= 11 is 0. The van der Waals surface area contributed by atoms with Crippen molar-refractivity contribution in [3.63, 3.8) is 0 Å². The number of amides is 1. The van der Waals surface area contributed by atoms with E-state index in [1.807, 2.05) is 18.2 Å². The molecule has 6 heteroatoms. The van der Waals surface area contributed by atoms with Gasteiger partial charge in [-0.1, -0.05) is 49.1 Å². The Morgan fingerprint density at radius 1 is 1.26 bits per heavy atom. The summed E-state index contributed by atoms with van der Waals surface area (Å²) in [4.78, 5) is 11.6. The second-order valence-corrected chi connectivity index (χ2v) is 12.8. The van der Waals surface area contributed by atoms with E-state index in [9.17, 15) is 15.0 Å². The quantitative estimate of drug-likeness (QED) is 0.718. The van der Waals surface area contributed by atoms with Gasteiger partial charge in [0.15, 0.2) is 0 Å². The number of ether oxygens (including phenoxy) is 1. The number of benzene rings is 1. The zero-order valence-electron chi connectivity index (χ0n) is 14.9. The van der Waals surface area contributed by atoms with Gasteiger partial charge in [0, 0.05) is 6.54 Å². The lowest BCUT2D eigenvalue weighted by Gasteiger charge is -2.23. The van der Waals surface area contributed by atoms with Gasteiger partial charge in [0.1, 0.15) is 17.8 Å². The molecule has 0 aliphatic carbocycles. The van der Waals surface area contributed by atoms with E-state index in [0.29, 0.717) is 5.56 Å². The third kappa shape index (κ3) is 6.72. The molecule has 0 heterocycles. The van der Waals surface area contributed by atoms with Gasteiger partial charge in [-0.15, -0.1) is 0 Å². The molecule has 23 heavy (non-hydrogen) atoms. The van der Waals surface area contributed by atoms with Gasteiger partial charge >= 0.3 is 6.09 Å². The van der Waals surface area contributed by atoms with Crippen molar-refractivity contribution >= 4 is 19.4 Å². The van der Waals surface area contributed by atoms with Crippen LogP contribution in [0.4, 0.5) is 4.79 Å². The fourth-order valence-corrected chi connectivity index (χ4v) is 3.22. The van der Waals surface area contributed by atoms with Gasteiger partial charge in [-0.05, 0) is 26.3 Å². The molecule has 130 valence electrons. The van der Waals surface area contributed by atoms with E-state index < -0.39 is 32.0 Å². The van der Waals surface area contributed by atoms with Crippen LogP contribution in [0.15, 0.2) is 24.3 Å². The van der Waals surface area contributed by atoms with Crippen LogP contribution in [0, 0.1) is 0 Å². The van der Waals surface area contributed by atoms with E-state index in [1.165, 1.54) is 5.19 Å². The summed E-state index contributed by atoms with van der Waals surface area (Å²) in [5.74, 6) is 0. The van der Waals surface area contributed by atoms with Gasteiger partial charge < -0.3 is 20.3 Å². The molecule has 0 aliphatic heterocycles. The first-order valence-electron chi connectivity index (χ1n) is 7.83. The number of rotatable bonds is 5. The molecule has 0 radical (unpaired) electrons. The van der Waals surface area contributed by atoms with Crippen molar-refractivity contribution in [3.8, 4) is 0 Å². The Morgan fingerprint density at radius 2 is 1.87 bits per heavy atom. The highest BCUT2D eigenvalue weighted by Gasteiger charge is 2.23. The normalized spacial score (nSPS) is 15.0. The minimum Gasteiger partial charge on any atom is -0.444 e. The van der Waals surface area contributed by atoms with Crippen LogP contribution in [0.1, 0.15) is 32.4 Å². The number of alkyl carbamates (subject to hydrolysis) is 1. The summed E-state index contributed by atoms with van der Waals surface area (Å²) in [7, 11) is -1.49. The third-order valence-corrected chi connectivity index (χ3v) is 5.36. The lowest BCUT2D eigenvalue weighted by molar-refractivity contribution is 0.0130. The van der Waals surface area contributed by atoms with Crippen LogP contribution in [0.25, 0.3) is 0 Å². The first kappa shape index (κ1) is 19.7. The molecule has 0 bridgehead atoms. The summed E-state index contributed by atoms with van der Waals surface area (Å²) in [6.45, 7) is 11.9. The number of carbonyl (C=O) groups excluding carboxylic acids is 1. The molecular formula is C17H29NO4Si.